The van der Waals surface area contributed by atoms with Crippen molar-refractivity contribution in [1.82, 2.24) is 9.88 Å². The molecular weight excluding hydrogens is 339 g/mol. The molecule has 138 valence electrons. The predicted molar refractivity (Wildman–Crippen MR) is 105 cm³/mol. The molecule has 0 aliphatic carbocycles. The Kier molecular flexibility index (Phi) is 6.31. The van der Waals surface area contributed by atoms with Gasteiger partial charge < -0.3 is 4.90 Å². The minimum Gasteiger partial charge on any atom is -0.345 e. The Morgan fingerprint density at radius 1 is 1.00 bits per heavy atom. The maximum atomic E-state index is 14.4. The van der Waals surface area contributed by atoms with Crippen LogP contribution in [-0.2, 0) is 11.2 Å². The number of nitrogens with zero attached hydrogens (tertiary/aromatic N) is 2. The lowest BCUT2D eigenvalue weighted by Gasteiger charge is -2.23. The summed E-state index contributed by atoms with van der Waals surface area (Å²) in [5.74, 6) is -0.601. The summed E-state index contributed by atoms with van der Waals surface area (Å²) in [5, 5.41) is 0. The van der Waals surface area contributed by atoms with E-state index in [-0.39, 0.29) is 24.1 Å². The SMILES string of the molecule is CN(CCc1ccccn1)C(=O)C[C@H](c1ccccc1)c1ccccc1F. The molecule has 1 aromatic heterocycles. The lowest BCUT2D eigenvalue weighted by atomic mass is 9.87. The van der Waals surface area contributed by atoms with Crippen molar-refractivity contribution in [2.24, 2.45) is 0 Å². The molecule has 0 aliphatic rings. The van der Waals surface area contributed by atoms with Crippen molar-refractivity contribution in [2.45, 2.75) is 18.8 Å². The highest BCUT2D eigenvalue weighted by molar-refractivity contribution is 5.77. The Morgan fingerprint density at radius 2 is 1.70 bits per heavy atom. The van der Waals surface area contributed by atoms with Crippen molar-refractivity contribution in [1.29, 1.82) is 0 Å². The molecule has 0 saturated carbocycles. The molecule has 1 heterocycles. The lowest BCUT2D eigenvalue weighted by Crippen LogP contribution is -2.30. The van der Waals surface area contributed by atoms with E-state index in [4.69, 9.17) is 0 Å². The van der Waals surface area contributed by atoms with Gasteiger partial charge in [0, 0.05) is 44.2 Å². The Morgan fingerprint density at radius 3 is 2.41 bits per heavy atom. The number of hydrogen-bond donors (Lipinski definition) is 0. The van der Waals surface area contributed by atoms with Crippen LogP contribution >= 0.6 is 0 Å². The zero-order chi connectivity index (χ0) is 19.1. The van der Waals surface area contributed by atoms with Gasteiger partial charge in [-0.15, -0.1) is 0 Å². The van der Waals surface area contributed by atoms with E-state index in [1.165, 1.54) is 6.07 Å². The van der Waals surface area contributed by atoms with Crippen LogP contribution in [0.1, 0.15) is 29.2 Å². The zero-order valence-corrected chi connectivity index (χ0v) is 15.4. The topological polar surface area (TPSA) is 33.2 Å². The average Bonchev–Trinajstić information content (AvgIpc) is 2.72. The molecule has 0 bridgehead atoms. The van der Waals surface area contributed by atoms with E-state index >= 15 is 0 Å². The third-order valence-electron chi connectivity index (χ3n) is 4.72. The molecule has 0 unspecified atom stereocenters. The van der Waals surface area contributed by atoms with Gasteiger partial charge in [0.2, 0.25) is 5.91 Å². The highest BCUT2D eigenvalue weighted by atomic mass is 19.1. The molecule has 1 amide bonds. The van der Waals surface area contributed by atoms with Gasteiger partial charge in [-0.05, 0) is 29.3 Å². The van der Waals surface area contributed by atoms with Gasteiger partial charge in [-0.2, -0.15) is 0 Å². The van der Waals surface area contributed by atoms with E-state index in [2.05, 4.69) is 4.98 Å². The smallest absolute Gasteiger partial charge is 0.223 e. The summed E-state index contributed by atoms with van der Waals surface area (Å²) in [7, 11) is 1.79. The van der Waals surface area contributed by atoms with E-state index in [9.17, 15) is 9.18 Å². The van der Waals surface area contributed by atoms with Gasteiger partial charge in [0.15, 0.2) is 0 Å². The fraction of sp³-hybridized carbons (Fsp3) is 0.217. The van der Waals surface area contributed by atoms with Crippen molar-refractivity contribution in [2.75, 3.05) is 13.6 Å². The Labute approximate surface area is 159 Å². The van der Waals surface area contributed by atoms with Crippen LogP contribution < -0.4 is 0 Å². The van der Waals surface area contributed by atoms with Crippen LogP contribution in [0.15, 0.2) is 79.0 Å². The standard InChI is InChI=1S/C23H23FN2O/c1-26(16-14-19-11-7-8-15-25-19)23(27)17-21(18-9-3-2-4-10-18)20-12-5-6-13-22(20)24/h2-13,15,21H,14,16-17H2,1H3/t21-/m1/s1. The van der Waals surface area contributed by atoms with Crippen molar-refractivity contribution < 1.29 is 9.18 Å². The van der Waals surface area contributed by atoms with E-state index < -0.39 is 0 Å². The number of carbonyl (C=O) groups excluding carboxylic acids is 1. The Bertz CT molecular complexity index is 868. The normalized spacial score (nSPS) is 11.8. The summed E-state index contributed by atoms with van der Waals surface area (Å²) in [4.78, 5) is 18.8. The van der Waals surface area contributed by atoms with Gasteiger partial charge in [0.25, 0.3) is 0 Å². The van der Waals surface area contributed by atoms with Crippen LogP contribution in [0.25, 0.3) is 0 Å². The second kappa shape index (κ2) is 9.08. The number of halogens is 1. The summed E-state index contributed by atoms with van der Waals surface area (Å²) in [6.45, 7) is 0.578. The molecular formula is C23H23FN2O. The summed E-state index contributed by atoms with van der Waals surface area (Å²) in [6, 6.07) is 22.1. The number of likely N-dealkylation sites (N-methyl/N-ethyl adjacent to an activating group) is 1. The molecule has 27 heavy (non-hydrogen) atoms. The molecule has 0 N–H and O–H groups in total. The first-order valence-electron chi connectivity index (χ1n) is 9.08. The first kappa shape index (κ1) is 18.8. The predicted octanol–water partition coefficient (Wildman–Crippen LogP) is 4.44. The first-order valence-corrected chi connectivity index (χ1v) is 9.08. The summed E-state index contributed by atoms with van der Waals surface area (Å²) < 4.78 is 14.4. The number of rotatable bonds is 7. The molecule has 3 aromatic rings. The van der Waals surface area contributed by atoms with E-state index in [1.807, 2.05) is 54.6 Å². The van der Waals surface area contributed by atoms with Crippen LogP contribution in [0.3, 0.4) is 0 Å². The lowest BCUT2D eigenvalue weighted by molar-refractivity contribution is -0.130. The van der Waals surface area contributed by atoms with Gasteiger partial charge in [0.05, 0.1) is 0 Å². The van der Waals surface area contributed by atoms with Crippen LogP contribution in [0.5, 0.6) is 0 Å². The second-order valence-corrected chi connectivity index (χ2v) is 6.58. The van der Waals surface area contributed by atoms with Gasteiger partial charge in [-0.25, -0.2) is 4.39 Å². The van der Waals surface area contributed by atoms with Crippen molar-refractivity contribution in [3.8, 4) is 0 Å². The van der Waals surface area contributed by atoms with Gasteiger partial charge >= 0.3 is 0 Å². The number of carbonyl (C=O) groups is 1. The summed E-state index contributed by atoms with van der Waals surface area (Å²) in [5.41, 5.74) is 2.44. The van der Waals surface area contributed by atoms with E-state index in [0.717, 1.165) is 11.3 Å². The number of amides is 1. The van der Waals surface area contributed by atoms with Crippen molar-refractivity contribution in [3.63, 3.8) is 0 Å². The maximum absolute atomic E-state index is 14.4. The summed E-state index contributed by atoms with van der Waals surface area (Å²) in [6.07, 6.45) is 2.67. The molecule has 0 aliphatic heterocycles. The van der Waals surface area contributed by atoms with E-state index in [1.54, 1.807) is 30.3 Å². The van der Waals surface area contributed by atoms with E-state index in [0.29, 0.717) is 18.5 Å². The Balaban J connectivity index is 1.73. The van der Waals surface area contributed by atoms with Crippen molar-refractivity contribution >= 4 is 5.91 Å². The van der Waals surface area contributed by atoms with Gasteiger partial charge in [0.1, 0.15) is 5.82 Å². The highest BCUT2D eigenvalue weighted by Crippen LogP contribution is 2.30. The minimum absolute atomic E-state index is 0.0111. The number of hydrogen-bond acceptors (Lipinski definition) is 2. The molecule has 2 aromatic carbocycles. The molecule has 0 saturated heterocycles. The third kappa shape index (κ3) is 5.00. The van der Waals surface area contributed by atoms with Crippen molar-refractivity contribution in [3.05, 3.63) is 102 Å². The summed E-state index contributed by atoms with van der Waals surface area (Å²) >= 11 is 0. The molecule has 1 atom stereocenters. The fourth-order valence-electron chi connectivity index (χ4n) is 3.13. The van der Waals surface area contributed by atoms with Gasteiger partial charge in [-0.1, -0.05) is 54.6 Å². The zero-order valence-electron chi connectivity index (χ0n) is 15.4. The monoisotopic (exact) mass is 362 g/mol. The average molecular weight is 362 g/mol. The number of benzene rings is 2. The number of pyridine rings is 1. The maximum Gasteiger partial charge on any atom is 0.223 e. The minimum atomic E-state index is -0.308. The Hall–Kier alpha value is -3.01. The molecule has 3 nitrogen and oxygen atoms in total. The van der Waals surface area contributed by atoms with Crippen LogP contribution in [0.4, 0.5) is 4.39 Å². The first-order chi connectivity index (χ1) is 13.1. The fourth-order valence-corrected chi connectivity index (χ4v) is 3.13. The van der Waals surface area contributed by atoms with Gasteiger partial charge in [-0.3, -0.25) is 9.78 Å². The third-order valence-corrected chi connectivity index (χ3v) is 4.72. The molecule has 3 rings (SSSR count). The highest BCUT2D eigenvalue weighted by Gasteiger charge is 2.22. The molecule has 4 heteroatoms. The second-order valence-electron chi connectivity index (χ2n) is 6.58. The quantitative estimate of drug-likeness (QED) is 0.622. The van der Waals surface area contributed by atoms with Crippen LogP contribution in [0, 0.1) is 5.82 Å². The largest absolute Gasteiger partial charge is 0.345 e. The van der Waals surface area contributed by atoms with Crippen LogP contribution in [0.2, 0.25) is 0 Å². The number of aromatic nitrogens is 1. The van der Waals surface area contributed by atoms with Crippen LogP contribution in [-0.4, -0.2) is 29.4 Å². The molecule has 0 radical (unpaired) electrons. The molecule has 0 fully saturated rings. The molecule has 0 spiro atoms.